The Morgan fingerprint density at radius 3 is 2.59 bits per heavy atom. The molecule has 0 radical (unpaired) electrons. The third kappa shape index (κ3) is 3.12. The van der Waals surface area contributed by atoms with Crippen LogP contribution in [-0.2, 0) is 23.0 Å². The largest absolute Gasteiger partial charge is 0.416 e. The van der Waals surface area contributed by atoms with Crippen LogP contribution in [0.1, 0.15) is 28.4 Å². The fourth-order valence-electron chi connectivity index (χ4n) is 3.21. The second-order valence-electron chi connectivity index (χ2n) is 6.92. The quantitative estimate of drug-likeness (QED) is 0.893. The van der Waals surface area contributed by atoms with E-state index in [0.29, 0.717) is 23.5 Å². The van der Waals surface area contributed by atoms with Crippen molar-refractivity contribution in [2.24, 2.45) is 10.9 Å². The first-order chi connectivity index (χ1) is 12.8. The number of carbonyl (C=O) groups excluding carboxylic acids is 1. The Kier molecular flexibility index (Phi) is 4.06. The molecular formula is C18H17F3N4O2. The highest BCUT2D eigenvalue weighted by atomic mass is 19.4. The Morgan fingerprint density at radius 2 is 2.00 bits per heavy atom. The fourth-order valence-corrected chi connectivity index (χ4v) is 3.21. The van der Waals surface area contributed by atoms with Crippen LogP contribution in [0.3, 0.4) is 0 Å². The van der Waals surface area contributed by atoms with Crippen molar-refractivity contribution < 1.29 is 22.7 Å². The van der Waals surface area contributed by atoms with Crippen LogP contribution in [0, 0.1) is 5.92 Å². The van der Waals surface area contributed by atoms with Gasteiger partial charge in [0.2, 0.25) is 0 Å². The van der Waals surface area contributed by atoms with Gasteiger partial charge in [-0.3, -0.25) is 4.79 Å². The van der Waals surface area contributed by atoms with Gasteiger partial charge in [-0.05, 0) is 17.7 Å². The van der Waals surface area contributed by atoms with Gasteiger partial charge in [0.1, 0.15) is 11.1 Å². The van der Waals surface area contributed by atoms with Crippen LogP contribution in [0.15, 0.2) is 35.5 Å². The number of aliphatic imine (C=N–C) groups is 1. The van der Waals surface area contributed by atoms with Crippen molar-refractivity contribution in [3.8, 4) is 0 Å². The molecule has 4 rings (SSSR count). The predicted octanol–water partition coefficient (Wildman–Crippen LogP) is 2.91. The maximum atomic E-state index is 12.8. The SMILES string of the molecule is CC1C=Nc2c(C(=O)NC3(c4ccc(C(F)(F)F)cc4)COC3)cnn2C1. The number of hydrogen-bond donors (Lipinski definition) is 1. The topological polar surface area (TPSA) is 68.5 Å². The molecule has 6 nitrogen and oxygen atoms in total. The molecule has 0 saturated carbocycles. The predicted molar refractivity (Wildman–Crippen MR) is 91.0 cm³/mol. The van der Waals surface area contributed by atoms with Crippen molar-refractivity contribution in [1.29, 1.82) is 0 Å². The molecule has 0 aliphatic carbocycles. The van der Waals surface area contributed by atoms with Crippen LogP contribution in [0.2, 0.25) is 0 Å². The van der Waals surface area contributed by atoms with Gasteiger partial charge in [0.05, 0.1) is 31.5 Å². The Bertz CT molecular complexity index is 898. The van der Waals surface area contributed by atoms with E-state index in [1.807, 2.05) is 6.92 Å². The van der Waals surface area contributed by atoms with Crippen molar-refractivity contribution in [2.75, 3.05) is 13.2 Å². The van der Waals surface area contributed by atoms with Gasteiger partial charge < -0.3 is 10.1 Å². The average molecular weight is 378 g/mol. The van der Waals surface area contributed by atoms with E-state index in [1.54, 1.807) is 10.9 Å². The van der Waals surface area contributed by atoms with Crippen LogP contribution < -0.4 is 5.32 Å². The summed E-state index contributed by atoms with van der Waals surface area (Å²) in [6.45, 7) is 3.01. The average Bonchev–Trinajstić information content (AvgIpc) is 3.00. The lowest BCUT2D eigenvalue weighted by Crippen LogP contribution is -2.59. The summed E-state index contributed by atoms with van der Waals surface area (Å²) in [5.41, 5.74) is -0.700. The van der Waals surface area contributed by atoms with Crippen LogP contribution in [-0.4, -0.2) is 35.1 Å². The van der Waals surface area contributed by atoms with E-state index >= 15 is 0 Å². The zero-order chi connectivity index (χ0) is 19.2. The molecule has 1 fully saturated rings. The van der Waals surface area contributed by atoms with Crippen LogP contribution >= 0.6 is 0 Å². The number of fused-ring (bicyclic) bond motifs is 1. The summed E-state index contributed by atoms with van der Waals surface area (Å²) in [5, 5.41) is 7.09. The molecule has 1 aromatic heterocycles. The molecule has 1 saturated heterocycles. The molecule has 2 aliphatic heterocycles. The minimum absolute atomic E-state index is 0.188. The number of ether oxygens (including phenoxy) is 1. The molecular weight excluding hydrogens is 361 g/mol. The number of benzene rings is 1. The molecule has 1 N–H and O–H groups in total. The van der Waals surface area contributed by atoms with Crippen molar-refractivity contribution in [1.82, 2.24) is 15.1 Å². The van der Waals surface area contributed by atoms with Gasteiger partial charge in [-0.15, -0.1) is 0 Å². The number of alkyl halides is 3. The van der Waals surface area contributed by atoms with Gasteiger partial charge in [0, 0.05) is 12.1 Å². The van der Waals surface area contributed by atoms with E-state index in [9.17, 15) is 18.0 Å². The summed E-state index contributed by atoms with van der Waals surface area (Å²) in [5.74, 6) is 0.325. The molecule has 2 aliphatic rings. The summed E-state index contributed by atoms with van der Waals surface area (Å²) < 4.78 is 45.3. The lowest BCUT2D eigenvalue weighted by atomic mass is 9.87. The number of halogens is 3. The molecule has 0 spiro atoms. The zero-order valence-corrected chi connectivity index (χ0v) is 14.5. The number of aromatic nitrogens is 2. The molecule has 1 unspecified atom stereocenters. The lowest BCUT2D eigenvalue weighted by Gasteiger charge is -2.42. The fraction of sp³-hybridized carbons (Fsp3) is 0.389. The molecule has 1 amide bonds. The highest BCUT2D eigenvalue weighted by Gasteiger charge is 2.43. The van der Waals surface area contributed by atoms with Gasteiger partial charge in [-0.1, -0.05) is 19.1 Å². The summed E-state index contributed by atoms with van der Waals surface area (Å²) in [6.07, 6.45) is -1.18. The van der Waals surface area contributed by atoms with Gasteiger partial charge in [0.25, 0.3) is 5.91 Å². The molecule has 1 atom stereocenters. The monoisotopic (exact) mass is 378 g/mol. The third-order valence-electron chi connectivity index (χ3n) is 4.78. The van der Waals surface area contributed by atoms with E-state index in [-0.39, 0.29) is 25.0 Å². The smallest absolute Gasteiger partial charge is 0.376 e. The summed E-state index contributed by atoms with van der Waals surface area (Å²) in [4.78, 5) is 17.1. The molecule has 142 valence electrons. The Balaban J connectivity index is 1.58. The van der Waals surface area contributed by atoms with Crippen LogP contribution in [0.5, 0.6) is 0 Å². The second kappa shape index (κ2) is 6.19. The first kappa shape index (κ1) is 17.7. The van der Waals surface area contributed by atoms with Gasteiger partial charge in [0.15, 0.2) is 5.82 Å². The molecule has 1 aromatic carbocycles. The Hall–Kier alpha value is -2.68. The highest BCUT2D eigenvalue weighted by molar-refractivity contribution is 5.99. The normalized spacial score (nSPS) is 20.7. The maximum Gasteiger partial charge on any atom is 0.416 e. The molecule has 2 aromatic rings. The van der Waals surface area contributed by atoms with Crippen molar-refractivity contribution >= 4 is 17.9 Å². The zero-order valence-electron chi connectivity index (χ0n) is 14.5. The molecule has 27 heavy (non-hydrogen) atoms. The summed E-state index contributed by atoms with van der Waals surface area (Å²) in [7, 11) is 0. The van der Waals surface area contributed by atoms with E-state index in [0.717, 1.165) is 12.1 Å². The maximum absolute atomic E-state index is 12.8. The van der Waals surface area contributed by atoms with Gasteiger partial charge >= 0.3 is 6.18 Å². The first-order valence-electron chi connectivity index (χ1n) is 8.46. The second-order valence-corrected chi connectivity index (χ2v) is 6.92. The Morgan fingerprint density at radius 1 is 1.30 bits per heavy atom. The summed E-state index contributed by atoms with van der Waals surface area (Å²) in [6, 6.07) is 4.77. The van der Waals surface area contributed by atoms with E-state index in [1.165, 1.54) is 18.3 Å². The van der Waals surface area contributed by atoms with Crippen LogP contribution in [0.25, 0.3) is 0 Å². The summed E-state index contributed by atoms with van der Waals surface area (Å²) >= 11 is 0. The standard InChI is InChI=1S/C18H17F3N4O2/c1-11-6-22-15-14(7-23-25(15)8-11)16(26)24-17(9-27-10-17)12-2-4-13(5-3-12)18(19,20)21/h2-7,11H,8-10H2,1H3,(H,24,26). The van der Waals surface area contributed by atoms with Crippen molar-refractivity contribution in [3.05, 3.63) is 47.2 Å². The highest BCUT2D eigenvalue weighted by Crippen LogP contribution is 2.34. The van der Waals surface area contributed by atoms with Gasteiger partial charge in [-0.2, -0.15) is 18.3 Å². The number of nitrogens with one attached hydrogen (secondary N) is 1. The van der Waals surface area contributed by atoms with E-state index in [4.69, 9.17) is 4.74 Å². The van der Waals surface area contributed by atoms with E-state index in [2.05, 4.69) is 15.4 Å². The lowest BCUT2D eigenvalue weighted by molar-refractivity contribution is -0.137. The third-order valence-corrected chi connectivity index (χ3v) is 4.78. The number of hydrogen-bond acceptors (Lipinski definition) is 4. The van der Waals surface area contributed by atoms with Crippen molar-refractivity contribution in [3.63, 3.8) is 0 Å². The number of rotatable bonds is 3. The van der Waals surface area contributed by atoms with E-state index < -0.39 is 17.3 Å². The molecule has 9 heteroatoms. The number of carbonyl (C=O) groups is 1. The molecule has 3 heterocycles. The van der Waals surface area contributed by atoms with Crippen LogP contribution in [0.4, 0.5) is 19.0 Å². The minimum atomic E-state index is -4.41. The minimum Gasteiger partial charge on any atom is -0.376 e. The number of nitrogens with zero attached hydrogens (tertiary/aromatic N) is 3. The first-order valence-corrected chi connectivity index (χ1v) is 8.46. The van der Waals surface area contributed by atoms with Crippen molar-refractivity contribution in [2.45, 2.75) is 25.2 Å². The van der Waals surface area contributed by atoms with Gasteiger partial charge in [-0.25, -0.2) is 9.67 Å². The number of amides is 1. The molecule has 0 bridgehead atoms. The Labute approximate surface area is 153 Å².